The number of benzene rings is 2. The molecule has 2 N–H and O–H groups in total. The smallest absolute Gasteiger partial charge is 0.410 e. The van der Waals surface area contributed by atoms with Crippen LogP contribution in [0.3, 0.4) is 0 Å². The van der Waals surface area contributed by atoms with Gasteiger partial charge in [0.25, 0.3) is 5.91 Å². The number of ether oxygens (including phenoxy) is 1. The quantitative estimate of drug-likeness (QED) is 0.853. The molecular formula is C19H21N3O3. The molecule has 1 fully saturated rings. The number of nitrogens with zero attached hydrogens (tertiary/aromatic N) is 2. The summed E-state index contributed by atoms with van der Waals surface area (Å²) in [5, 5.41) is 0. The first-order chi connectivity index (χ1) is 12.0. The van der Waals surface area contributed by atoms with Crippen molar-refractivity contribution in [3.8, 4) is 5.75 Å². The number of rotatable bonds is 2. The van der Waals surface area contributed by atoms with Crippen LogP contribution in [0.25, 0.3) is 0 Å². The maximum absolute atomic E-state index is 12.5. The zero-order valence-electron chi connectivity index (χ0n) is 14.1. The van der Waals surface area contributed by atoms with Gasteiger partial charge in [-0.15, -0.1) is 0 Å². The van der Waals surface area contributed by atoms with Gasteiger partial charge in [-0.3, -0.25) is 4.79 Å². The van der Waals surface area contributed by atoms with Crippen molar-refractivity contribution in [2.24, 2.45) is 0 Å². The summed E-state index contributed by atoms with van der Waals surface area (Å²) >= 11 is 0. The normalized spacial score (nSPS) is 14.3. The van der Waals surface area contributed by atoms with Crippen LogP contribution in [0.15, 0.2) is 48.5 Å². The molecule has 2 aromatic rings. The zero-order chi connectivity index (χ0) is 17.8. The standard InChI is InChI=1S/C19H21N3O3/c1-14-3-2-4-17(13-14)25-19(24)22-11-9-21(10-12-22)18(23)15-5-7-16(20)8-6-15/h2-8,13H,9-12,20H2,1H3. The minimum atomic E-state index is -0.384. The van der Waals surface area contributed by atoms with E-state index in [4.69, 9.17) is 10.5 Å². The van der Waals surface area contributed by atoms with Gasteiger partial charge in [0.2, 0.25) is 0 Å². The molecule has 6 heteroatoms. The molecule has 1 saturated heterocycles. The molecule has 0 unspecified atom stereocenters. The van der Waals surface area contributed by atoms with Crippen molar-refractivity contribution in [2.75, 3.05) is 31.9 Å². The van der Waals surface area contributed by atoms with Crippen LogP contribution in [0.2, 0.25) is 0 Å². The van der Waals surface area contributed by atoms with Crippen molar-refractivity contribution >= 4 is 17.7 Å². The number of nitrogens with two attached hydrogens (primary N) is 1. The van der Waals surface area contributed by atoms with E-state index in [1.165, 1.54) is 0 Å². The Labute approximate surface area is 146 Å². The number of nitrogen functional groups attached to an aromatic ring is 1. The molecule has 0 atom stereocenters. The fraction of sp³-hybridized carbons (Fsp3) is 0.263. The van der Waals surface area contributed by atoms with E-state index in [1.807, 2.05) is 25.1 Å². The highest BCUT2D eigenvalue weighted by atomic mass is 16.6. The van der Waals surface area contributed by atoms with E-state index < -0.39 is 0 Å². The van der Waals surface area contributed by atoms with E-state index in [9.17, 15) is 9.59 Å². The van der Waals surface area contributed by atoms with Crippen LogP contribution in [0, 0.1) is 6.92 Å². The largest absolute Gasteiger partial charge is 0.415 e. The van der Waals surface area contributed by atoms with Crippen molar-refractivity contribution in [3.63, 3.8) is 0 Å². The van der Waals surface area contributed by atoms with Crippen LogP contribution in [0.4, 0.5) is 10.5 Å². The fourth-order valence-electron chi connectivity index (χ4n) is 2.74. The number of carbonyl (C=O) groups is 2. The monoisotopic (exact) mass is 339 g/mol. The van der Waals surface area contributed by atoms with Crippen molar-refractivity contribution in [2.45, 2.75) is 6.92 Å². The summed E-state index contributed by atoms with van der Waals surface area (Å²) < 4.78 is 5.40. The van der Waals surface area contributed by atoms with Gasteiger partial charge in [0, 0.05) is 37.4 Å². The van der Waals surface area contributed by atoms with Crippen molar-refractivity contribution in [3.05, 3.63) is 59.7 Å². The molecule has 0 bridgehead atoms. The molecule has 2 amide bonds. The average molecular weight is 339 g/mol. The van der Waals surface area contributed by atoms with Crippen LogP contribution in [-0.4, -0.2) is 48.0 Å². The van der Waals surface area contributed by atoms with Crippen molar-refractivity contribution < 1.29 is 14.3 Å². The number of amides is 2. The third-order valence-electron chi connectivity index (χ3n) is 4.18. The molecular weight excluding hydrogens is 318 g/mol. The summed E-state index contributed by atoms with van der Waals surface area (Å²) in [7, 11) is 0. The third kappa shape index (κ3) is 4.09. The molecule has 6 nitrogen and oxygen atoms in total. The number of carbonyl (C=O) groups excluding carboxylic acids is 2. The molecule has 0 radical (unpaired) electrons. The first-order valence-electron chi connectivity index (χ1n) is 8.21. The number of piperazine rings is 1. The molecule has 130 valence electrons. The van der Waals surface area contributed by atoms with Crippen LogP contribution in [0.1, 0.15) is 15.9 Å². The summed E-state index contributed by atoms with van der Waals surface area (Å²) in [6.07, 6.45) is -0.384. The van der Waals surface area contributed by atoms with Crippen molar-refractivity contribution in [1.82, 2.24) is 9.80 Å². The summed E-state index contributed by atoms with van der Waals surface area (Å²) in [5.41, 5.74) is 7.91. The van der Waals surface area contributed by atoms with Gasteiger partial charge in [0.15, 0.2) is 0 Å². The van der Waals surface area contributed by atoms with Crippen LogP contribution in [0.5, 0.6) is 5.75 Å². The lowest BCUT2D eigenvalue weighted by molar-refractivity contribution is 0.0633. The first kappa shape index (κ1) is 16.8. The Morgan fingerprint density at radius 3 is 2.24 bits per heavy atom. The van der Waals surface area contributed by atoms with Gasteiger partial charge >= 0.3 is 6.09 Å². The number of hydrogen-bond acceptors (Lipinski definition) is 4. The summed E-state index contributed by atoms with van der Waals surface area (Å²) in [5.74, 6) is 0.483. The number of hydrogen-bond donors (Lipinski definition) is 1. The van der Waals surface area contributed by atoms with Gasteiger partial charge in [0.05, 0.1) is 0 Å². The van der Waals surface area contributed by atoms with E-state index in [2.05, 4.69) is 0 Å². The second-order valence-electron chi connectivity index (χ2n) is 6.09. The lowest BCUT2D eigenvalue weighted by atomic mass is 10.1. The highest BCUT2D eigenvalue weighted by Gasteiger charge is 2.25. The van der Waals surface area contributed by atoms with Crippen molar-refractivity contribution in [1.29, 1.82) is 0 Å². The minimum Gasteiger partial charge on any atom is -0.410 e. The van der Waals surface area contributed by atoms with Gasteiger partial charge in [-0.05, 0) is 48.9 Å². The summed E-state index contributed by atoms with van der Waals surface area (Å²) in [4.78, 5) is 28.1. The fourth-order valence-corrected chi connectivity index (χ4v) is 2.74. The molecule has 3 rings (SSSR count). The van der Waals surface area contributed by atoms with Gasteiger partial charge in [-0.2, -0.15) is 0 Å². The van der Waals surface area contributed by atoms with Gasteiger partial charge in [-0.25, -0.2) is 4.79 Å². The Bertz CT molecular complexity index is 766. The summed E-state index contributed by atoms with van der Waals surface area (Å²) in [6, 6.07) is 14.2. The molecule has 2 aromatic carbocycles. The van der Waals surface area contributed by atoms with Crippen LogP contribution < -0.4 is 10.5 Å². The Kier molecular flexibility index (Phi) is 4.88. The molecule has 1 heterocycles. The lowest BCUT2D eigenvalue weighted by Crippen LogP contribution is -2.51. The topological polar surface area (TPSA) is 75.9 Å². The van der Waals surface area contributed by atoms with Gasteiger partial charge in [0.1, 0.15) is 5.75 Å². The third-order valence-corrected chi connectivity index (χ3v) is 4.18. The van der Waals surface area contributed by atoms with E-state index in [0.29, 0.717) is 43.2 Å². The number of anilines is 1. The second-order valence-corrected chi connectivity index (χ2v) is 6.09. The van der Waals surface area contributed by atoms with E-state index in [1.54, 1.807) is 40.1 Å². The van der Waals surface area contributed by atoms with E-state index in [-0.39, 0.29) is 12.0 Å². The second kappa shape index (κ2) is 7.25. The van der Waals surface area contributed by atoms with Gasteiger partial charge in [-0.1, -0.05) is 12.1 Å². The Morgan fingerprint density at radius 2 is 1.60 bits per heavy atom. The van der Waals surface area contributed by atoms with E-state index in [0.717, 1.165) is 5.56 Å². The maximum Gasteiger partial charge on any atom is 0.415 e. The predicted octanol–water partition coefficient (Wildman–Crippen LogP) is 2.53. The average Bonchev–Trinajstić information content (AvgIpc) is 2.62. The highest BCUT2D eigenvalue weighted by molar-refractivity contribution is 5.94. The molecule has 25 heavy (non-hydrogen) atoms. The number of aryl methyl sites for hydroxylation is 1. The Balaban J connectivity index is 1.55. The van der Waals surface area contributed by atoms with E-state index >= 15 is 0 Å². The minimum absolute atomic E-state index is 0.0494. The molecule has 0 aromatic heterocycles. The molecule has 1 aliphatic heterocycles. The highest BCUT2D eigenvalue weighted by Crippen LogP contribution is 2.15. The molecule has 1 aliphatic rings. The zero-order valence-corrected chi connectivity index (χ0v) is 14.1. The molecule has 0 aliphatic carbocycles. The predicted molar refractivity (Wildman–Crippen MR) is 95.5 cm³/mol. The first-order valence-corrected chi connectivity index (χ1v) is 8.21. The Hall–Kier alpha value is -3.02. The lowest BCUT2D eigenvalue weighted by Gasteiger charge is -2.34. The van der Waals surface area contributed by atoms with Crippen LogP contribution in [-0.2, 0) is 0 Å². The maximum atomic E-state index is 12.5. The molecule has 0 saturated carbocycles. The Morgan fingerprint density at radius 1 is 0.960 bits per heavy atom. The molecule has 0 spiro atoms. The van der Waals surface area contributed by atoms with Gasteiger partial charge < -0.3 is 20.3 Å². The van der Waals surface area contributed by atoms with Crippen LogP contribution >= 0.6 is 0 Å². The summed E-state index contributed by atoms with van der Waals surface area (Å²) in [6.45, 7) is 3.80. The SMILES string of the molecule is Cc1cccc(OC(=O)N2CCN(C(=O)c3ccc(N)cc3)CC2)c1.